The maximum Gasteiger partial charge on any atom is 0.241 e. The van der Waals surface area contributed by atoms with E-state index in [0.717, 1.165) is 17.0 Å². The van der Waals surface area contributed by atoms with Gasteiger partial charge in [-0.3, -0.25) is 4.79 Å². The van der Waals surface area contributed by atoms with E-state index in [2.05, 4.69) is 5.32 Å². The van der Waals surface area contributed by atoms with Crippen LogP contribution in [0.4, 0.5) is 11.4 Å². The summed E-state index contributed by atoms with van der Waals surface area (Å²) >= 11 is 6.21. The normalized spacial score (nSPS) is 11.2. The Kier molecular flexibility index (Phi) is 8.03. The summed E-state index contributed by atoms with van der Waals surface area (Å²) in [6, 6.07) is 12.2. The van der Waals surface area contributed by atoms with Crippen LogP contribution in [0.1, 0.15) is 5.56 Å². The van der Waals surface area contributed by atoms with E-state index in [1.165, 1.54) is 0 Å². The van der Waals surface area contributed by atoms with E-state index < -0.39 is 6.04 Å². The lowest BCUT2D eigenvalue weighted by atomic mass is 10.1. The number of halogens is 2. The number of methoxy groups -OCH3 is 1. The molecule has 0 fully saturated rings. The van der Waals surface area contributed by atoms with Gasteiger partial charge in [0.25, 0.3) is 0 Å². The van der Waals surface area contributed by atoms with E-state index in [4.69, 9.17) is 22.1 Å². The van der Waals surface area contributed by atoms with Crippen LogP contribution in [0.15, 0.2) is 42.5 Å². The number of hydrogen-bond donors (Lipinski definition) is 2. The van der Waals surface area contributed by atoms with Crippen molar-refractivity contribution in [3.8, 4) is 5.75 Å². The Bertz CT molecular complexity index is 706. The topological polar surface area (TPSA) is 67.6 Å². The smallest absolute Gasteiger partial charge is 0.241 e. The van der Waals surface area contributed by atoms with Crippen LogP contribution in [-0.4, -0.2) is 33.2 Å². The van der Waals surface area contributed by atoms with Crippen molar-refractivity contribution in [2.45, 2.75) is 12.5 Å². The summed E-state index contributed by atoms with van der Waals surface area (Å²) in [5, 5.41) is 3.37. The Morgan fingerprint density at radius 2 is 1.88 bits per heavy atom. The third kappa shape index (κ3) is 5.81. The monoisotopic (exact) mass is 383 g/mol. The van der Waals surface area contributed by atoms with E-state index in [1.54, 1.807) is 19.2 Å². The van der Waals surface area contributed by atoms with Crippen molar-refractivity contribution in [1.29, 1.82) is 0 Å². The molecule has 25 heavy (non-hydrogen) atoms. The van der Waals surface area contributed by atoms with E-state index in [1.807, 2.05) is 49.3 Å². The summed E-state index contributed by atoms with van der Waals surface area (Å²) in [7, 11) is 5.43. The standard InChI is InChI=1S/C18H22ClN3O2.ClH/c1-22(2)17-9-6-13(11-15(17)19)21-18(23)16(20)10-12-4-7-14(24-3)8-5-12;/h4-9,11,16H,10,20H2,1-3H3,(H,21,23);1H/t16-;/m0./s1. The van der Waals surface area contributed by atoms with Gasteiger partial charge in [0, 0.05) is 19.8 Å². The Balaban J connectivity index is 0.00000312. The van der Waals surface area contributed by atoms with Gasteiger partial charge in [0.05, 0.1) is 23.9 Å². The number of benzene rings is 2. The number of carbonyl (C=O) groups is 1. The van der Waals surface area contributed by atoms with Crippen molar-refractivity contribution >= 4 is 41.3 Å². The molecular formula is C18H23Cl2N3O2. The number of ether oxygens (including phenoxy) is 1. The fourth-order valence-electron chi connectivity index (χ4n) is 2.29. The van der Waals surface area contributed by atoms with E-state index >= 15 is 0 Å². The first-order valence-electron chi connectivity index (χ1n) is 7.57. The lowest BCUT2D eigenvalue weighted by molar-refractivity contribution is -0.117. The molecule has 0 unspecified atom stereocenters. The SMILES string of the molecule is COc1ccc(C[C@H](N)C(=O)Nc2ccc(N(C)C)c(Cl)c2)cc1.Cl. The molecule has 0 aliphatic heterocycles. The van der Waals surface area contributed by atoms with Gasteiger partial charge in [-0.25, -0.2) is 0 Å². The molecule has 2 rings (SSSR count). The van der Waals surface area contributed by atoms with Gasteiger partial charge in [-0.1, -0.05) is 23.7 Å². The fraction of sp³-hybridized carbons (Fsp3) is 0.278. The number of nitrogens with zero attached hydrogens (tertiary/aromatic N) is 1. The minimum absolute atomic E-state index is 0. The van der Waals surface area contributed by atoms with Gasteiger partial charge in [0.2, 0.25) is 5.91 Å². The fourth-order valence-corrected chi connectivity index (χ4v) is 2.64. The lowest BCUT2D eigenvalue weighted by Crippen LogP contribution is -2.37. The van der Waals surface area contributed by atoms with Crippen LogP contribution in [0.25, 0.3) is 0 Å². The van der Waals surface area contributed by atoms with Crippen LogP contribution in [0, 0.1) is 0 Å². The third-order valence-corrected chi connectivity index (χ3v) is 3.95. The maximum atomic E-state index is 12.3. The number of anilines is 2. The summed E-state index contributed by atoms with van der Waals surface area (Å²) in [6.07, 6.45) is 0.444. The molecule has 2 aromatic carbocycles. The molecule has 1 amide bonds. The Morgan fingerprint density at radius 1 is 1.24 bits per heavy atom. The molecule has 2 aromatic rings. The molecule has 136 valence electrons. The summed E-state index contributed by atoms with van der Waals surface area (Å²) < 4.78 is 5.11. The zero-order valence-corrected chi connectivity index (χ0v) is 16.0. The van der Waals surface area contributed by atoms with Gasteiger partial charge in [-0.2, -0.15) is 0 Å². The number of carbonyl (C=O) groups excluding carboxylic acids is 1. The largest absolute Gasteiger partial charge is 0.497 e. The molecule has 0 spiro atoms. The molecule has 0 heterocycles. The van der Waals surface area contributed by atoms with Gasteiger partial charge in [-0.05, 0) is 42.3 Å². The lowest BCUT2D eigenvalue weighted by Gasteiger charge is -2.16. The third-order valence-electron chi connectivity index (χ3n) is 3.65. The zero-order chi connectivity index (χ0) is 17.7. The molecule has 0 bridgehead atoms. The molecule has 3 N–H and O–H groups in total. The average Bonchev–Trinajstić information content (AvgIpc) is 2.55. The van der Waals surface area contributed by atoms with Crippen LogP contribution in [0.2, 0.25) is 5.02 Å². The Hall–Kier alpha value is -1.95. The minimum atomic E-state index is -0.648. The van der Waals surface area contributed by atoms with Crippen molar-refractivity contribution in [3.05, 3.63) is 53.1 Å². The quantitative estimate of drug-likeness (QED) is 0.802. The molecule has 7 heteroatoms. The van der Waals surface area contributed by atoms with Crippen molar-refractivity contribution in [1.82, 2.24) is 0 Å². The first-order chi connectivity index (χ1) is 11.4. The number of nitrogens with two attached hydrogens (primary N) is 1. The number of amides is 1. The van der Waals surface area contributed by atoms with Gasteiger partial charge in [-0.15, -0.1) is 12.4 Å². The van der Waals surface area contributed by atoms with E-state index in [9.17, 15) is 4.79 Å². The second kappa shape index (κ2) is 9.51. The van der Waals surface area contributed by atoms with E-state index in [0.29, 0.717) is 17.1 Å². The molecule has 0 saturated heterocycles. The highest BCUT2D eigenvalue weighted by molar-refractivity contribution is 6.33. The van der Waals surface area contributed by atoms with Crippen molar-refractivity contribution in [3.63, 3.8) is 0 Å². The zero-order valence-electron chi connectivity index (χ0n) is 14.5. The first-order valence-corrected chi connectivity index (χ1v) is 7.94. The summed E-state index contributed by atoms with van der Waals surface area (Å²) in [6.45, 7) is 0. The second-order valence-corrected chi connectivity index (χ2v) is 6.12. The highest BCUT2D eigenvalue weighted by Gasteiger charge is 2.15. The highest BCUT2D eigenvalue weighted by Crippen LogP contribution is 2.27. The maximum absolute atomic E-state index is 12.3. The predicted octanol–water partition coefficient (Wildman–Crippen LogP) is 3.34. The minimum Gasteiger partial charge on any atom is -0.497 e. The number of rotatable bonds is 6. The van der Waals surface area contributed by atoms with Gasteiger partial charge < -0.3 is 20.7 Å². The molecule has 0 aliphatic rings. The summed E-state index contributed by atoms with van der Waals surface area (Å²) in [4.78, 5) is 14.2. The van der Waals surface area contributed by atoms with Gasteiger partial charge >= 0.3 is 0 Å². The Morgan fingerprint density at radius 3 is 2.40 bits per heavy atom. The summed E-state index contributed by atoms with van der Waals surface area (Å²) in [5.74, 6) is 0.520. The van der Waals surface area contributed by atoms with Crippen LogP contribution >= 0.6 is 24.0 Å². The van der Waals surface area contributed by atoms with Crippen LogP contribution < -0.4 is 20.7 Å². The van der Waals surface area contributed by atoms with Gasteiger partial charge in [0.15, 0.2) is 0 Å². The van der Waals surface area contributed by atoms with Gasteiger partial charge in [0.1, 0.15) is 5.75 Å². The Labute approximate surface area is 159 Å². The molecule has 0 saturated carbocycles. The molecule has 0 radical (unpaired) electrons. The molecule has 0 aliphatic carbocycles. The highest BCUT2D eigenvalue weighted by atomic mass is 35.5. The summed E-state index contributed by atoms with van der Waals surface area (Å²) in [5.41, 5.74) is 8.48. The number of nitrogens with one attached hydrogen (secondary N) is 1. The average molecular weight is 384 g/mol. The van der Waals surface area contributed by atoms with Crippen LogP contribution in [0.5, 0.6) is 5.75 Å². The molecule has 0 aromatic heterocycles. The van der Waals surface area contributed by atoms with E-state index in [-0.39, 0.29) is 18.3 Å². The predicted molar refractivity (Wildman–Crippen MR) is 106 cm³/mol. The molecular weight excluding hydrogens is 361 g/mol. The van der Waals surface area contributed by atoms with Crippen molar-refractivity contribution < 1.29 is 9.53 Å². The van der Waals surface area contributed by atoms with Crippen molar-refractivity contribution in [2.75, 3.05) is 31.4 Å². The van der Waals surface area contributed by atoms with Crippen molar-refractivity contribution in [2.24, 2.45) is 5.73 Å². The number of hydrogen-bond acceptors (Lipinski definition) is 4. The molecule has 5 nitrogen and oxygen atoms in total. The first kappa shape index (κ1) is 21.1. The second-order valence-electron chi connectivity index (χ2n) is 5.71. The van der Waals surface area contributed by atoms with Crippen LogP contribution in [0.3, 0.4) is 0 Å². The molecule has 1 atom stereocenters. The van der Waals surface area contributed by atoms with Crippen LogP contribution in [-0.2, 0) is 11.2 Å².